The van der Waals surface area contributed by atoms with Gasteiger partial charge in [0.2, 0.25) is 5.91 Å². The Bertz CT molecular complexity index is 134. The third-order valence-corrected chi connectivity index (χ3v) is 1.67. The first-order valence-corrected chi connectivity index (χ1v) is 3.56. The molecule has 0 aliphatic carbocycles. The molecule has 0 aromatic heterocycles. The van der Waals surface area contributed by atoms with Crippen molar-refractivity contribution in [3.63, 3.8) is 0 Å². The maximum absolute atomic E-state index is 10.7. The van der Waals surface area contributed by atoms with Crippen LogP contribution in [0.4, 0.5) is 0 Å². The van der Waals surface area contributed by atoms with Crippen molar-refractivity contribution < 1.29 is 9.53 Å². The molecule has 0 aliphatic heterocycles. The van der Waals surface area contributed by atoms with Crippen LogP contribution >= 0.6 is 0 Å². The quantitative estimate of drug-likeness (QED) is 0.350. The van der Waals surface area contributed by atoms with Crippen molar-refractivity contribution >= 4 is 5.91 Å². The van der Waals surface area contributed by atoms with Crippen molar-refractivity contribution in [3.8, 4) is 0 Å². The van der Waals surface area contributed by atoms with E-state index < -0.39 is 0 Å². The minimum Gasteiger partial charge on any atom is -0.379 e. The highest BCUT2D eigenvalue weighted by Gasteiger charge is 2.17. The molecule has 4 heteroatoms. The van der Waals surface area contributed by atoms with Crippen LogP contribution in [0.25, 0.3) is 0 Å². The smallest absolute Gasteiger partial charge is 0.233 e. The van der Waals surface area contributed by atoms with Crippen molar-refractivity contribution in [3.05, 3.63) is 0 Å². The van der Waals surface area contributed by atoms with Gasteiger partial charge in [0.05, 0.1) is 5.60 Å². The molecule has 0 aromatic carbocycles. The Morgan fingerprint density at radius 1 is 1.64 bits per heavy atom. The predicted molar refractivity (Wildman–Crippen MR) is 42.7 cm³/mol. The van der Waals surface area contributed by atoms with E-state index in [1.807, 2.05) is 13.8 Å². The van der Waals surface area contributed by atoms with Crippen LogP contribution in [-0.4, -0.2) is 18.6 Å². The molecule has 0 saturated heterocycles. The zero-order valence-corrected chi connectivity index (χ0v) is 7.31. The number of carbonyl (C=O) groups is 1. The van der Waals surface area contributed by atoms with Crippen LogP contribution in [0, 0.1) is 0 Å². The third kappa shape index (κ3) is 4.75. The first kappa shape index (κ1) is 10.4. The molecule has 0 unspecified atom stereocenters. The van der Waals surface area contributed by atoms with Gasteiger partial charge in [0.25, 0.3) is 0 Å². The number of nitrogens with two attached hydrogens (primary N) is 1. The molecule has 0 spiro atoms. The monoisotopic (exact) mass is 160 g/mol. The highest BCUT2D eigenvalue weighted by Crippen LogP contribution is 2.14. The molecule has 66 valence electrons. The van der Waals surface area contributed by atoms with Crippen LogP contribution in [0.1, 0.15) is 26.7 Å². The van der Waals surface area contributed by atoms with Gasteiger partial charge in [-0.2, -0.15) is 0 Å². The fourth-order valence-corrected chi connectivity index (χ4v) is 0.589. The average molecular weight is 160 g/mol. The zero-order chi connectivity index (χ0) is 8.91. The van der Waals surface area contributed by atoms with Crippen molar-refractivity contribution in [2.24, 2.45) is 5.84 Å². The number of rotatable bonds is 4. The number of amides is 1. The van der Waals surface area contributed by atoms with Gasteiger partial charge in [0.1, 0.15) is 0 Å². The fourth-order valence-electron chi connectivity index (χ4n) is 0.589. The molecule has 0 aromatic rings. The topological polar surface area (TPSA) is 64.3 Å². The zero-order valence-electron chi connectivity index (χ0n) is 7.31. The van der Waals surface area contributed by atoms with Gasteiger partial charge in [-0.3, -0.25) is 10.2 Å². The van der Waals surface area contributed by atoms with Crippen LogP contribution in [0.2, 0.25) is 0 Å². The number of methoxy groups -OCH3 is 1. The molecule has 0 fully saturated rings. The summed E-state index contributed by atoms with van der Waals surface area (Å²) >= 11 is 0. The third-order valence-electron chi connectivity index (χ3n) is 1.67. The Morgan fingerprint density at radius 3 is 2.55 bits per heavy atom. The minimum atomic E-state index is -0.244. The van der Waals surface area contributed by atoms with Crippen LogP contribution in [0.15, 0.2) is 0 Å². The lowest BCUT2D eigenvalue weighted by atomic mass is 10.0. The molecule has 0 rings (SSSR count). The number of hydrazine groups is 1. The number of carbonyl (C=O) groups excluding carboxylic acids is 1. The maximum Gasteiger partial charge on any atom is 0.233 e. The summed E-state index contributed by atoms with van der Waals surface area (Å²) < 4.78 is 5.11. The van der Waals surface area contributed by atoms with E-state index in [1.54, 1.807) is 7.11 Å². The normalized spacial score (nSPS) is 11.3. The molecule has 1 amide bonds. The average Bonchev–Trinajstić information content (AvgIpc) is 2.00. The Morgan fingerprint density at radius 2 is 2.18 bits per heavy atom. The molecule has 0 atom stereocenters. The molecule has 0 heterocycles. The summed E-state index contributed by atoms with van der Waals surface area (Å²) in [6.45, 7) is 3.85. The fraction of sp³-hybridized carbons (Fsp3) is 0.857. The van der Waals surface area contributed by atoms with Crippen molar-refractivity contribution in [1.82, 2.24) is 5.43 Å². The lowest BCUT2D eigenvalue weighted by molar-refractivity contribution is -0.122. The Kier molecular flexibility index (Phi) is 4.07. The summed E-state index contributed by atoms with van der Waals surface area (Å²) in [5, 5.41) is 0. The second-order valence-corrected chi connectivity index (χ2v) is 3.03. The van der Waals surface area contributed by atoms with Gasteiger partial charge in [0, 0.05) is 13.5 Å². The molecule has 0 aliphatic rings. The van der Waals surface area contributed by atoms with Crippen LogP contribution in [-0.2, 0) is 9.53 Å². The van der Waals surface area contributed by atoms with Gasteiger partial charge < -0.3 is 4.74 Å². The molecule has 4 nitrogen and oxygen atoms in total. The summed E-state index contributed by atoms with van der Waals surface area (Å²) in [5.41, 5.74) is 1.82. The number of ether oxygens (including phenoxy) is 1. The van der Waals surface area contributed by atoms with Gasteiger partial charge in [0.15, 0.2) is 0 Å². The van der Waals surface area contributed by atoms with E-state index in [9.17, 15) is 4.79 Å². The van der Waals surface area contributed by atoms with Crippen molar-refractivity contribution in [2.45, 2.75) is 32.3 Å². The molecule has 3 N–H and O–H groups in total. The van der Waals surface area contributed by atoms with Gasteiger partial charge in [-0.1, -0.05) is 0 Å². The van der Waals surface area contributed by atoms with Crippen LogP contribution in [0.3, 0.4) is 0 Å². The van der Waals surface area contributed by atoms with E-state index in [4.69, 9.17) is 10.6 Å². The van der Waals surface area contributed by atoms with Crippen LogP contribution in [0.5, 0.6) is 0 Å². The summed E-state index contributed by atoms with van der Waals surface area (Å²) in [6, 6.07) is 0. The van der Waals surface area contributed by atoms with E-state index in [2.05, 4.69) is 5.43 Å². The summed E-state index contributed by atoms with van der Waals surface area (Å²) in [6.07, 6.45) is 1.07. The van der Waals surface area contributed by atoms with Crippen molar-refractivity contribution in [2.75, 3.05) is 7.11 Å². The lowest BCUT2D eigenvalue weighted by Crippen LogP contribution is -2.32. The Balaban J connectivity index is 3.61. The highest BCUT2D eigenvalue weighted by atomic mass is 16.5. The van der Waals surface area contributed by atoms with Gasteiger partial charge in [-0.15, -0.1) is 0 Å². The van der Waals surface area contributed by atoms with E-state index in [0.29, 0.717) is 12.8 Å². The molecular formula is C7H16N2O2. The summed E-state index contributed by atoms with van der Waals surface area (Å²) in [7, 11) is 1.63. The van der Waals surface area contributed by atoms with Crippen molar-refractivity contribution in [1.29, 1.82) is 0 Å². The molecule has 0 saturated carbocycles. The maximum atomic E-state index is 10.7. The Labute approximate surface area is 67.1 Å². The van der Waals surface area contributed by atoms with Gasteiger partial charge >= 0.3 is 0 Å². The van der Waals surface area contributed by atoms with Gasteiger partial charge in [-0.25, -0.2) is 5.84 Å². The predicted octanol–water partition coefficient (Wildman–Crippen LogP) is 0.182. The minimum absolute atomic E-state index is 0.157. The Hall–Kier alpha value is -0.610. The summed E-state index contributed by atoms with van der Waals surface area (Å²) in [5.74, 6) is 4.75. The first-order valence-electron chi connectivity index (χ1n) is 3.56. The van der Waals surface area contributed by atoms with E-state index >= 15 is 0 Å². The SMILES string of the molecule is COC(C)(C)CCC(=O)NN. The second kappa shape index (κ2) is 4.31. The van der Waals surface area contributed by atoms with E-state index in [0.717, 1.165) is 0 Å². The number of hydrogen-bond donors (Lipinski definition) is 2. The first-order chi connectivity index (χ1) is 5.02. The highest BCUT2D eigenvalue weighted by molar-refractivity contribution is 5.75. The molecular weight excluding hydrogens is 144 g/mol. The number of hydrogen-bond acceptors (Lipinski definition) is 3. The second-order valence-electron chi connectivity index (χ2n) is 3.03. The standard InChI is InChI=1S/C7H16N2O2/c1-7(2,11-3)5-4-6(10)9-8/h4-5,8H2,1-3H3,(H,9,10). The summed E-state index contributed by atoms with van der Waals surface area (Å²) in [4.78, 5) is 10.7. The van der Waals surface area contributed by atoms with Gasteiger partial charge in [-0.05, 0) is 20.3 Å². The van der Waals surface area contributed by atoms with E-state index in [1.165, 1.54) is 0 Å². The lowest BCUT2D eigenvalue weighted by Gasteiger charge is -2.21. The molecule has 0 bridgehead atoms. The van der Waals surface area contributed by atoms with E-state index in [-0.39, 0.29) is 11.5 Å². The molecule has 11 heavy (non-hydrogen) atoms. The van der Waals surface area contributed by atoms with Crippen LogP contribution < -0.4 is 11.3 Å². The molecule has 0 radical (unpaired) electrons. The largest absolute Gasteiger partial charge is 0.379 e. The number of nitrogens with one attached hydrogen (secondary N) is 1.